The standard InChI is InChI=1S/C14H12OS3/c15-6-5-10-9-13(11-3-1-7-16-11)18-14(10)12-4-2-8-17-12/h1-4,7-9,15H,5-6H2. The van der Waals surface area contributed by atoms with Crippen LogP contribution in [0.15, 0.2) is 41.1 Å². The van der Waals surface area contributed by atoms with Gasteiger partial charge >= 0.3 is 0 Å². The summed E-state index contributed by atoms with van der Waals surface area (Å²) in [5.74, 6) is 0. The Bertz CT molecular complexity index is 606. The van der Waals surface area contributed by atoms with Crippen molar-refractivity contribution < 1.29 is 5.11 Å². The molecule has 3 aromatic rings. The Hall–Kier alpha value is -0.940. The molecule has 3 aromatic heterocycles. The molecule has 1 N–H and O–H groups in total. The van der Waals surface area contributed by atoms with Gasteiger partial charge in [0.1, 0.15) is 0 Å². The first-order valence-electron chi connectivity index (χ1n) is 5.70. The van der Waals surface area contributed by atoms with Gasteiger partial charge in [-0.3, -0.25) is 0 Å². The summed E-state index contributed by atoms with van der Waals surface area (Å²) in [5.41, 5.74) is 1.26. The summed E-state index contributed by atoms with van der Waals surface area (Å²) < 4.78 is 0. The van der Waals surface area contributed by atoms with Gasteiger partial charge < -0.3 is 5.11 Å². The maximum absolute atomic E-state index is 9.19. The van der Waals surface area contributed by atoms with Crippen LogP contribution in [0.4, 0.5) is 0 Å². The lowest BCUT2D eigenvalue weighted by atomic mass is 10.1. The summed E-state index contributed by atoms with van der Waals surface area (Å²) in [4.78, 5) is 5.22. The monoisotopic (exact) mass is 292 g/mol. The number of aliphatic hydroxyl groups excluding tert-OH is 1. The molecule has 0 aliphatic carbocycles. The van der Waals surface area contributed by atoms with E-state index in [-0.39, 0.29) is 6.61 Å². The Balaban J connectivity index is 2.07. The van der Waals surface area contributed by atoms with Gasteiger partial charge in [-0.1, -0.05) is 12.1 Å². The van der Waals surface area contributed by atoms with Gasteiger partial charge in [0.25, 0.3) is 0 Å². The maximum atomic E-state index is 9.19. The Morgan fingerprint density at radius 3 is 2.28 bits per heavy atom. The lowest BCUT2D eigenvalue weighted by Gasteiger charge is -1.97. The fraction of sp³-hybridized carbons (Fsp3) is 0.143. The van der Waals surface area contributed by atoms with Crippen LogP contribution in [-0.2, 0) is 6.42 Å². The second-order valence-electron chi connectivity index (χ2n) is 3.89. The molecule has 0 saturated heterocycles. The molecule has 4 heteroatoms. The van der Waals surface area contributed by atoms with Crippen LogP contribution >= 0.6 is 34.0 Å². The van der Waals surface area contributed by atoms with E-state index in [1.807, 2.05) is 11.3 Å². The minimum Gasteiger partial charge on any atom is -0.396 e. The molecule has 0 saturated carbocycles. The molecule has 1 nitrogen and oxygen atoms in total. The van der Waals surface area contributed by atoms with E-state index >= 15 is 0 Å². The highest BCUT2D eigenvalue weighted by Gasteiger charge is 2.13. The van der Waals surface area contributed by atoms with Crippen molar-refractivity contribution in [2.24, 2.45) is 0 Å². The molecule has 0 amide bonds. The topological polar surface area (TPSA) is 20.2 Å². The largest absolute Gasteiger partial charge is 0.396 e. The van der Waals surface area contributed by atoms with E-state index in [9.17, 15) is 5.11 Å². The average molecular weight is 292 g/mol. The Morgan fingerprint density at radius 2 is 1.67 bits per heavy atom. The first-order valence-corrected chi connectivity index (χ1v) is 8.27. The van der Waals surface area contributed by atoms with E-state index in [4.69, 9.17) is 0 Å². The van der Waals surface area contributed by atoms with Crippen LogP contribution in [0.1, 0.15) is 5.56 Å². The zero-order valence-corrected chi connectivity index (χ0v) is 12.1. The molecular formula is C14H12OS3. The van der Waals surface area contributed by atoms with Gasteiger partial charge in [0.15, 0.2) is 0 Å². The molecule has 0 spiro atoms. The van der Waals surface area contributed by atoms with Gasteiger partial charge in [-0.05, 0) is 40.9 Å². The molecule has 0 aliphatic heterocycles. The van der Waals surface area contributed by atoms with Crippen molar-refractivity contribution in [3.05, 3.63) is 46.7 Å². The molecule has 0 aliphatic rings. The molecule has 0 atom stereocenters. The zero-order valence-electron chi connectivity index (χ0n) is 9.63. The van der Waals surface area contributed by atoms with Crippen LogP contribution in [-0.4, -0.2) is 11.7 Å². The summed E-state index contributed by atoms with van der Waals surface area (Å²) in [7, 11) is 0. The normalized spacial score (nSPS) is 10.9. The van der Waals surface area contributed by atoms with E-state index in [1.165, 1.54) is 25.1 Å². The van der Waals surface area contributed by atoms with Crippen molar-refractivity contribution in [2.75, 3.05) is 6.61 Å². The van der Waals surface area contributed by atoms with Crippen molar-refractivity contribution in [2.45, 2.75) is 6.42 Å². The van der Waals surface area contributed by atoms with Crippen LogP contribution in [0.2, 0.25) is 0 Å². The van der Waals surface area contributed by atoms with Crippen molar-refractivity contribution in [1.82, 2.24) is 0 Å². The van der Waals surface area contributed by atoms with Crippen molar-refractivity contribution in [3.8, 4) is 19.5 Å². The first kappa shape index (κ1) is 12.1. The molecule has 0 fully saturated rings. The minimum absolute atomic E-state index is 0.207. The molecule has 92 valence electrons. The second kappa shape index (κ2) is 5.36. The van der Waals surface area contributed by atoms with E-state index in [0.29, 0.717) is 0 Å². The first-order chi connectivity index (χ1) is 8.88. The highest BCUT2D eigenvalue weighted by atomic mass is 32.1. The van der Waals surface area contributed by atoms with Gasteiger partial charge in [0, 0.05) is 26.1 Å². The highest BCUT2D eigenvalue weighted by molar-refractivity contribution is 7.25. The maximum Gasteiger partial charge on any atom is 0.0482 e. The van der Waals surface area contributed by atoms with Crippen molar-refractivity contribution in [3.63, 3.8) is 0 Å². The molecule has 18 heavy (non-hydrogen) atoms. The summed E-state index contributed by atoms with van der Waals surface area (Å²) in [6.07, 6.45) is 0.731. The van der Waals surface area contributed by atoms with Crippen molar-refractivity contribution >= 4 is 34.0 Å². The molecular weight excluding hydrogens is 280 g/mol. The van der Waals surface area contributed by atoms with Crippen LogP contribution in [0.3, 0.4) is 0 Å². The van der Waals surface area contributed by atoms with Crippen LogP contribution in [0, 0.1) is 0 Å². The van der Waals surface area contributed by atoms with E-state index < -0.39 is 0 Å². The number of thiophene rings is 3. The molecule has 0 bridgehead atoms. The number of aliphatic hydroxyl groups is 1. The molecule has 0 radical (unpaired) electrons. The molecule has 3 heterocycles. The number of hydrogen-bond donors (Lipinski definition) is 1. The van der Waals surface area contributed by atoms with Gasteiger partial charge in [-0.15, -0.1) is 34.0 Å². The average Bonchev–Trinajstić information content (AvgIpc) is 3.11. The lowest BCUT2D eigenvalue weighted by molar-refractivity contribution is 0.300. The fourth-order valence-electron chi connectivity index (χ4n) is 1.89. The predicted octanol–water partition coefficient (Wildman–Crippen LogP) is 4.74. The Morgan fingerprint density at radius 1 is 0.944 bits per heavy atom. The minimum atomic E-state index is 0.207. The van der Waals surface area contributed by atoms with Gasteiger partial charge in [0.2, 0.25) is 0 Å². The number of hydrogen-bond acceptors (Lipinski definition) is 4. The van der Waals surface area contributed by atoms with E-state index in [2.05, 4.69) is 41.1 Å². The Labute approximate surface area is 118 Å². The quantitative estimate of drug-likeness (QED) is 0.736. The predicted molar refractivity (Wildman–Crippen MR) is 81.7 cm³/mol. The van der Waals surface area contributed by atoms with Crippen LogP contribution in [0.25, 0.3) is 19.5 Å². The lowest BCUT2D eigenvalue weighted by Crippen LogP contribution is -1.89. The van der Waals surface area contributed by atoms with Gasteiger partial charge in [-0.25, -0.2) is 0 Å². The molecule has 0 aromatic carbocycles. The number of rotatable bonds is 4. The fourth-order valence-corrected chi connectivity index (χ4v) is 4.82. The third-order valence-electron chi connectivity index (χ3n) is 2.70. The smallest absolute Gasteiger partial charge is 0.0482 e. The summed E-state index contributed by atoms with van der Waals surface area (Å²) in [5, 5.41) is 13.4. The molecule has 0 unspecified atom stereocenters. The third-order valence-corrected chi connectivity index (χ3v) is 5.99. The van der Waals surface area contributed by atoms with Gasteiger partial charge in [-0.2, -0.15) is 0 Å². The van der Waals surface area contributed by atoms with Crippen molar-refractivity contribution in [1.29, 1.82) is 0 Å². The summed E-state index contributed by atoms with van der Waals surface area (Å²) >= 11 is 5.35. The molecule has 3 rings (SSSR count). The SMILES string of the molecule is OCCc1cc(-c2cccs2)sc1-c1cccs1. The Kier molecular flexibility index (Phi) is 3.61. The van der Waals surface area contributed by atoms with Crippen LogP contribution < -0.4 is 0 Å². The highest BCUT2D eigenvalue weighted by Crippen LogP contribution is 2.41. The third kappa shape index (κ3) is 2.29. The second-order valence-corrected chi connectivity index (χ2v) is 6.84. The van der Waals surface area contributed by atoms with Crippen LogP contribution in [0.5, 0.6) is 0 Å². The van der Waals surface area contributed by atoms with Gasteiger partial charge in [0.05, 0.1) is 0 Å². The summed E-state index contributed by atoms with van der Waals surface area (Å²) in [6, 6.07) is 10.7. The zero-order chi connectivity index (χ0) is 12.4. The van der Waals surface area contributed by atoms with E-state index in [0.717, 1.165) is 6.42 Å². The summed E-state index contributed by atoms with van der Waals surface area (Å²) in [6.45, 7) is 0.207. The van der Waals surface area contributed by atoms with E-state index in [1.54, 1.807) is 22.7 Å².